The van der Waals surface area contributed by atoms with Crippen molar-refractivity contribution in [2.24, 2.45) is 11.4 Å². The third-order valence-corrected chi connectivity index (χ3v) is 5.02. The Balaban J connectivity index is 2.43. The van der Waals surface area contributed by atoms with E-state index in [2.05, 4.69) is 14.7 Å². The standard InChI is InChI=1S/C15H14ClF3N4O3S/c1-8(15(2,18)19)22-27(25,26)10-7-23(3)13(12(10)17)14(24)21-9-4-5-20-11(16)6-9/h4-7H,1-3H3,(H,20,21,24)/b22-8+. The Bertz CT molecular complexity index is 1030. The Morgan fingerprint density at radius 1 is 1.41 bits per heavy atom. The van der Waals surface area contributed by atoms with Crippen LogP contribution in [0.1, 0.15) is 24.3 Å². The lowest BCUT2D eigenvalue weighted by molar-refractivity contribution is 0.0996. The topological polar surface area (TPSA) is 93.4 Å². The van der Waals surface area contributed by atoms with Gasteiger partial charge in [0.15, 0.2) is 5.82 Å². The van der Waals surface area contributed by atoms with Crippen molar-refractivity contribution in [3.8, 4) is 0 Å². The molecule has 1 amide bonds. The van der Waals surface area contributed by atoms with Crippen molar-refractivity contribution >= 4 is 38.9 Å². The number of nitrogens with zero attached hydrogens (tertiary/aromatic N) is 3. The Hall–Kier alpha value is -2.40. The first-order chi connectivity index (χ1) is 12.3. The van der Waals surface area contributed by atoms with Crippen LogP contribution in [0.4, 0.5) is 18.9 Å². The zero-order chi connectivity index (χ0) is 20.6. The van der Waals surface area contributed by atoms with Gasteiger partial charge in [0.05, 0.1) is 5.71 Å². The number of carbonyl (C=O) groups excluding carboxylic acids is 1. The van der Waals surface area contributed by atoms with Crippen LogP contribution in [0.3, 0.4) is 0 Å². The number of rotatable bonds is 5. The van der Waals surface area contributed by atoms with Gasteiger partial charge >= 0.3 is 0 Å². The molecule has 146 valence electrons. The second-order valence-corrected chi connectivity index (χ2v) is 7.59. The van der Waals surface area contributed by atoms with E-state index in [1.165, 1.54) is 25.4 Å². The third-order valence-electron chi connectivity index (χ3n) is 3.46. The van der Waals surface area contributed by atoms with Crippen LogP contribution < -0.4 is 5.32 Å². The maximum atomic E-state index is 14.6. The van der Waals surface area contributed by atoms with Crippen LogP contribution in [0.25, 0.3) is 0 Å². The van der Waals surface area contributed by atoms with Crippen LogP contribution in [0.15, 0.2) is 33.8 Å². The number of hydrogen-bond donors (Lipinski definition) is 1. The number of hydrogen-bond acceptors (Lipinski definition) is 4. The van der Waals surface area contributed by atoms with Gasteiger partial charge in [-0.25, -0.2) is 18.2 Å². The maximum Gasteiger partial charge on any atom is 0.286 e. The molecule has 0 radical (unpaired) electrons. The van der Waals surface area contributed by atoms with E-state index in [0.717, 1.165) is 17.7 Å². The second kappa shape index (κ2) is 7.31. The molecule has 2 aromatic rings. The smallest absolute Gasteiger partial charge is 0.286 e. The Morgan fingerprint density at radius 2 is 2.04 bits per heavy atom. The van der Waals surface area contributed by atoms with Crippen molar-refractivity contribution in [1.29, 1.82) is 0 Å². The first-order valence-corrected chi connectivity index (χ1v) is 9.12. The zero-order valence-electron chi connectivity index (χ0n) is 14.3. The van der Waals surface area contributed by atoms with Gasteiger partial charge in [0.25, 0.3) is 21.9 Å². The summed E-state index contributed by atoms with van der Waals surface area (Å²) in [5.41, 5.74) is -1.44. The lowest BCUT2D eigenvalue weighted by atomic mass is 10.3. The number of anilines is 1. The summed E-state index contributed by atoms with van der Waals surface area (Å²) in [7, 11) is -3.56. The highest BCUT2D eigenvalue weighted by Crippen LogP contribution is 2.25. The van der Waals surface area contributed by atoms with Gasteiger partial charge in [0.2, 0.25) is 0 Å². The number of nitrogens with one attached hydrogen (secondary N) is 1. The summed E-state index contributed by atoms with van der Waals surface area (Å²) < 4.78 is 69.2. The highest BCUT2D eigenvalue weighted by Gasteiger charge is 2.32. The van der Waals surface area contributed by atoms with Gasteiger partial charge in [-0.3, -0.25) is 4.79 Å². The highest BCUT2D eigenvalue weighted by atomic mass is 35.5. The maximum absolute atomic E-state index is 14.6. The summed E-state index contributed by atoms with van der Waals surface area (Å²) in [5.74, 6) is -5.88. The lowest BCUT2D eigenvalue weighted by Gasteiger charge is -2.08. The molecule has 0 bridgehead atoms. The van der Waals surface area contributed by atoms with E-state index in [1.807, 2.05) is 0 Å². The molecule has 0 aliphatic heterocycles. The number of aromatic nitrogens is 2. The number of sulfonamides is 1. The van der Waals surface area contributed by atoms with Crippen LogP contribution in [-0.2, 0) is 17.1 Å². The monoisotopic (exact) mass is 422 g/mol. The van der Waals surface area contributed by atoms with Gasteiger partial charge in [-0.2, -0.15) is 12.8 Å². The molecule has 0 fully saturated rings. The lowest BCUT2D eigenvalue weighted by Crippen LogP contribution is -2.22. The molecule has 0 aliphatic rings. The van der Waals surface area contributed by atoms with Gasteiger partial charge < -0.3 is 9.88 Å². The molecule has 0 unspecified atom stereocenters. The number of alkyl halides is 2. The molecule has 0 aromatic carbocycles. The Kier molecular flexibility index (Phi) is 5.66. The average molecular weight is 423 g/mol. The molecule has 27 heavy (non-hydrogen) atoms. The number of amides is 1. The van der Waals surface area contributed by atoms with E-state index < -0.39 is 44.0 Å². The van der Waals surface area contributed by atoms with Crippen LogP contribution in [0, 0.1) is 5.82 Å². The molecule has 2 rings (SSSR count). The van der Waals surface area contributed by atoms with Crippen LogP contribution >= 0.6 is 11.6 Å². The predicted molar refractivity (Wildman–Crippen MR) is 93.5 cm³/mol. The van der Waals surface area contributed by atoms with Gasteiger partial charge in [0, 0.05) is 32.1 Å². The van der Waals surface area contributed by atoms with E-state index in [0.29, 0.717) is 6.92 Å². The molecular formula is C15H14ClF3N4O3S. The van der Waals surface area contributed by atoms with E-state index in [-0.39, 0.29) is 10.8 Å². The molecule has 0 atom stereocenters. The van der Waals surface area contributed by atoms with Crippen LogP contribution in [0.2, 0.25) is 5.15 Å². The SMILES string of the molecule is C/C(=N\S(=O)(=O)c1cn(C)c(C(=O)Nc2ccnc(Cl)c2)c1F)C(C)(F)F. The van der Waals surface area contributed by atoms with Gasteiger partial charge in [-0.1, -0.05) is 11.6 Å². The predicted octanol–water partition coefficient (Wildman–Crippen LogP) is 3.27. The summed E-state index contributed by atoms with van der Waals surface area (Å²) in [6, 6.07) is 2.69. The molecule has 1 N–H and O–H groups in total. The molecule has 2 heterocycles. The van der Waals surface area contributed by atoms with Crippen molar-refractivity contribution in [1.82, 2.24) is 9.55 Å². The second-order valence-electron chi connectivity index (χ2n) is 5.63. The van der Waals surface area contributed by atoms with Crippen molar-refractivity contribution in [3.63, 3.8) is 0 Å². The largest absolute Gasteiger partial charge is 0.343 e. The minimum absolute atomic E-state index is 0.0775. The minimum Gasteiger partial charge on any atom is -0.343 e. The Labute approximate surface area is 157 Å². The number of carbonyl (C=O) groups is 1. The van der Waals surface area contributed by atoms with E-state index in [4.69, 9.17) is 11.6 Å². The minimum atomic E-state index is -4.79. The molecule has 0 saturated heterocycles. The van der Waals surface area contributed by atoms with E-state index in [1.54, 1.807) is 0 Å². The highest BCUT2D eigenvalue weighted by molar-refractivity contribution is 7.90. The fraction of sp³-hybridized carbons (Fsp3) is 0.267. The van der Waals surface area contributed by atoms with Crippen molar-refractivity contribution in [2.75, 3.05) is 5.32 Å². The zero-order valence-corrected chi connectivity index (χ0v) is 15.9. The van der Waals surface area contributed by atoms with Crippen molar-refractivity contribution < 1.29 is 26.4 Å². The normalized spacial score (nSPS) is 12.9. The van der Waals surface area contributed by atoms with Crippen molar-refractivity contribution in [3.05, 3.63) is 41.2 Å². The molecule has 0 spiro atoms. The van der Waals surface area contributed by atoms with Gasteiger partial charge in [-0.05, 0) is 19.1 Å². The molecule has 12 heteroatoms. The molecular weight excluding hydrogens is 409 g/mol. The number of halogens is 4. The summed E-state index contributed by atoms with van der Waals surface area (Å²) in [4.78, 5) is 15.0. The summed E-state index contributed by atoms with van der Waals surface area (Å²) >= 11 is 5.69. The Morgan fingerprint density at radius 3 is 2.59 bits per heavy atom. The fourth-order valence-corrected chi connectivity index (χ4v) is 3.40. The molecule has 7 nitrogen and oxygen atoms in total. The first kappa shape index (κ1) is 20.9. The number of pyridine rings is 1. The van der Waals surface area contributed by atoms with E-state index >= 15 is 0 Å². The third kappa shape index (κ3) is 4.66. The summed E-state index contributed by atoms with van der Waals surface area (Å²) in [6.45, 7) is 1.26. The average Bonchev–Trinajstić information content (AvgIpc) is 2.81. The molecule has 0 aliphatic carbocycles. The van der Waals surface area contributed by atoms with Crippen LogP contribution in [0.5, 0.6) is 0 Å². The van der Waals surface area contributed by atoms with Gasteiger partial charge in [-0.15, -0.1) is 0 Å². The molecule has 2 aromatic heterocycles. The summed E-state index contributed by atoms with van der Waals surface area (Å²) in [5, 5.41) is 2.41. The quantitative estimate of drug-likeness (QED) is 0.591. The van der Waals surface area contributed by atoms with E-state index in [9.17, 15) is 26.4 Å². The summed E-state index contributed by atoms with van der Waals surface area (Å²) in [6.07, 6.45) is 2.08. The number of aryl methyl sites for hydroxylation is 1. The fourth-order valence-electron chi connectivity index (χ4n) is 1.99. The van der Waals surface area contributed by atoms with Gasteiger partial charge in [0.1, 0.15) is 15.7 Å². The van der Waals surface area contributed by atoms with Crippen LogP contribution in [-0.4, -0.2) is 35.5 Å². The first-order valence-electron chi connectivity index (χ1n) is 7.30. The van der Waals surface area contributed by atoms with Crippen molar-refractivity contribution in [2.45, 2.75) is 24.7 Å². The molecule has 0 saturated carbocycles.